The minimum atomic E-state index is -4.67. The Kier molecular flexibility index (Phi) is 4.70. The molecule has 3 aliphatic carbocycles. The molecular formula is C25H30F3N3O4. The lowest BCUT2D eigenvalue weighted by Gasteiger charge is -2.58. The largest absolute Gasteiger partial charge is 0.508 e. The van der Waals surface area contributed by atoms with E-state index in [4.69, 9.17) is 0 Å². The maximum absolute atomic E-state index is 13.5. The standard InChI is InChI=1S/C25H30F3N3O4/c1-14-2-5-17(32)8-18(14)22-9-16-11-30(10-15-3-4-15)19(16)24(22,35)7-6-23(12-22)20(33)29-21(34)31(23)13-25(26,27)28/h2,5,8,15-16,19,32,35H,3-4,6-7,9-13H2,1H3,(H,29,33,34)/t16?,19-,22-,23+,24-/m1/s1. The lowest BCUT2D eigenvalue weighted by Crippen LogP contribution is -2.71. The minimum absolute atomic E-state index is 0.00451. The monoisotopic (exact) mass is 493 g/mol. The van der Waals surface area contributed by atoms with E-state index in [0.717, 1.165) is 18.7 Å². The van der Waals surface area contributed by atoms with Crippen LogP contribution < -0.4 is 5.32 Å². The van der Waals surface area contributed by atoms with Crippen LogP contribution in [0.15, 0.2) is 18.2 Å². The second-order valence-corrected chi connectivity index (χ2v) is 11.5. The van der Waals surface area contributed by atoms with Crippen LogP contribution in [0.25, 0.3) is 0 Å². The molecule has 0 bridgehead atoms. The summed E-state index contributed by atoms with van der Waals surface area (Å²) < 4.78 is 40.5. The first-order chi connectivity index (χ1) is 16.4. The molecule has 2 heterocycles. The SMILES string of the molecule is Cc1ccc(O)cc1[C@]12CC3CN(CC4CC4)[C@H]3[C@]1(O)CC[C@]1(C2)C(=O)NC(=O)N1CC(F)(F)F. The fraction of sp³-hybridized carbons (Fsp3) is 0.680. The molecule has 3 amide bonds. The Morgan fingerprint density at radius 1 is 1.20 bits per heavy atom. The number of likely N-dealkylation sites (tertiary alicyclic amines) is 1. The van der Waals surface area contributed by atoms with Crippen LogP contribution in [0.5, 0.6) is 5.75 Å². The summed E-state index contributed by atoms with van der Waals surface area (Å²) in [5, 5.41) is 24.9. The fourth-order valence-corrected chi connectivity index (χ4v) is 7.86. The van der Waals surface area contributed by atoms with Gasteiger partial charge in [0.2, 0.25) is 0 Å². The second-order valence-electron chi connectivity index (χ2n) is 11.5. The van der Waals surface area contributed by atoms with Gasteiger partial charge in [-0.2, -0.15) is 13.2 Å². The van der Waals surface area contributed by atoms with Crippen LogP contribution in [0.2, 0.25) is 0 Å². The number of nitrogens with one attached hydrogen (secondary N) is 1. The first-order valence-electron chi connectivity index (χ1n) is 12.3. The molecule has 7 nitrogen and oxygen atoms in total. The number of phenols is 1. The number of carbonyl (C=O) groups is 2. The Morgan fingerprint density at radius 2 is 1.94 bits per heavy atom. The van der Waals surface area contributed by atoms with Gasteiger partial charge in [0.25, 0.3) is 5.91 Å². The van der Waals surface area contributed by atoms with Gasteiger partial charge in [-0.3, -0.25) is 15.0 Å². The number of alkyl halides is 3. The summed E-state index contributed by atoms with van der Waals surface area (Å²) in [6, 6.07) is 3.65. The topological polar surface area (TPSA) is 93.1 Å². The Labute approximate surface area is 201 Å². The van der Waals surface area contributed by atoms with E-state index in [0.29, 0.717) is 22.8 Å². The molecule has 1 aromatic rings. The molecule has 5 aliphatic rings. The van der Waals surface area contributed by atoms with Gasteiger partial charge >= 0.3 is 12.2 Å². The van der Waals surface area contributed by atoms with E-state index in [1.165, 1.54) is 18.9 Å². The number of carbonyl (C=O) groups excluding carboxylic acids is 2. The van der Waals surface area contributed by atoms with Crippen LogP contribution in [-0.4, -0.2) is 74.9 Å². The van der Waals surface area contributed by atoms with Crippen LogP contribution in [0, 0.1) is 18.8 Å². The number of halogens is 3. The number of phenolic OH excluding ortho intramolecular Hbond substituents is 1. The van der Waals surface area contributed by atoms with E-state index in [1.54, 1.807) is 12.1 Å². The summed E-state index contributed by atoms with van der Waals surface area (Å²) in [6.45, 7) is 2.01. The molecule has 0 radical (unpaired) electrons. The summed E-state index contributed by atoms with van der Waals surface area (Å²) in [5.74, 6) is 0.00886. The highest BCUT2D eigenvalue weighted by Gasteiger charge is 2.75. The van der Waals surface area contributed by atoms with Crippen molar-refractivity contribution in [2.75, 3.05) is 19.6 Å². The van der Waals surface area contributed by atoms with E-state index < -0.39 is 41.2 Å². The Hall–Kier alpha value is -2.33. The predicted molar refractivity (Wildman–Crippen MR) is 119 cm³/mol. The third-order valence-electron chi connectivity index (χ3n) is 9.42. The van der Waals surface area contributed by atoms with E-state index >= 15 is 0 Å². The van der Waals surface area contributed by atoms with Crippen molar-refractivity contribution in [3.05, 3.63) is 29.3 Å². The molecule has 6 rings (SSSR count). The second kappa shape index (κ2) is 7.12. The Bertz CT molecular complexity index is 1110. The number of aryl methyl sites for hydroxylation is 1. The van der Waals surface area contributed by atoms with Crippen LogP contribution in [-0.2, 0) is 10.2 Å². The number of aromatic hydroxyl groups is 1. The van der Waals surface area contributed by atoms with Crippen LogP contribution in [0.4, 0.5) is 18.0 Å². The quantitative estimate of drug-likeness (QED) is 0.561. The van der Waals surface area contributed by atoms with Gasteiger partial charge in [0.05, 0.1) is 5.60 Å². The van der Waals surface area contributed by atoms with Crippen molar-refractivity contribution in [3.8, 4) is 5.75 Å². The maximum Gasteiger partial charge on any atom is 0.406 e. The van der Waals surface area contributed by atoms with E-state index in [2.05, 4.69) is 10.2 Å². The average molecular weight is 494 g/mol. The van der Waals surface area contributed by atoms with Crippen LogP contribution in [0.3, 0.4) is 0 Å². The third kappa shape index (κ3) is 3.18. The summed E-state index contributed by atoms with van der Waals surface area (Å²) in [4.78, 5) is 28.7. The minimum Gasteiger partial charge on any atom is -0.508 e. The van der Waals surface area contributed by atoms with Gasteiger partial charge in [-0.1, -0.05) is 6.07 Å². The van der Waals surface area contributed by atoms with Gasteiger partial charge in [-0.25, -0.2) is 4.79 Å². The van der Waals surface area contributed by atoms with Gasteiger partial charge < -0.3 is 15.1 Å². The number of fused-ring (bicyclic) bond motifs is 3. The number of rotatable bonds is 4. The Balaban J connectivity index is 1.48. The zero-order valence-corrected chi connectivity index (χ0v) is 19.6. The molecule has 1 spiro atoms. The van der Waals surface area contributed by atoms with Crippen molar-refractivity contribution >= 4 is 11.9 Å². The maximum atomic E-state index is 13.5. The lowest BCUT2D eigenvalue weighted by molar-refractivity contribution is -0.173. The number of hydrogen-bond donors (Lipinski definition) is 3. The van der Waals surface area contributed by atoms with Crippen LogP contribution >= 0.6 is 0 Å². The highest BCUT2D eigenvalue weighted by Crippen LogP contribution is 2.66. The highest BCUT2D eigenvalue weighted by molar-refractivity contribution is 6.07. The molecule has 5 atom stereocenters. The molecule has 3 N–H and O–H groups in total. The van der Waals surface area contributed by atoms with Crippen molar-refractivity contribution < 1.29 is 33.0 Å². The number of urea groups is 1. The molecule has 2 saturated heterocycles. The van der Waals surface area contributed by atoms with Crippen molar-refractivity contribution in [2.24, 2.45) is 11.8 Å². The normalized spacial score (nSPS) is 38.9. The molecule has 10 heteroatoms. The number of amides is 3. The predicted octanol–water partition coefficient (Wildman–Crippen LogP) is 2.82. The molecule has 2 aliphatic heterocycles. The molecule has 1 unspecified atom stereocenters. The van der Waals surface area contributed by atoms with Crippen molar-refractivity contribution in [1.29, 1.82) is 0 Å². The molecule has 1 aromatic carbocycles. The average Bonchev–Trinajstić information content (AvgIpc) is 3.50. The zero-order valence-electron chi connectivity index (χ0n) is 19.6. The van der Waals surface area contributed by atoms with Gasteiger partial charge in [0.15, 0.2) is 0 Å². The summed E-state index contributed by atoms with van der Waals surface area (Å²) in [7, 11) is 0. The lowest BCUT2D eigenvalue weighted by atomic mass is 9.54. The van der Waals surface area contributed by atoms with Gasteiger partial charge in [0.1, 0.15) is 17.8 Å². The number of benzene rings is 1. The summed E-state index contributed by atoms with van der Waals surface area (Å²) in [6.07, 6.45) is -1.91. The van der Waals surface area contributed by atoms with Crippen LogP contribution in [0.1, 0.15) is 49.7 Å². The van der Waals surface area contributed by atoms with Gasteiger partial charge in [-0.05, 0) is 80.5 Å². The Morgan fingerprint density at radius 3 is 2.63 bits per heavy atom. The first-order valence-corrected chi connectivity index (χ1v) is 12.3. The summed E-state index contributed by atoms with van der Waals surface area (Å²) in [5.41, 5.74) is -2.63. The van der Waals surface area contributed by atoms with Crippen molar-refractivity contribution in [1.82, 2.24) is 15.1 Å². The number of aliphatic hydroxyl groups is 1. The van der Waals surface area contributed by atoms with Gasteiger partial charge in [-0.15, -0.1) is 0 Å². The fourth-order valence-electron chi connectivity index (χ4n) is 7.86. The third-order valence-corrected chi connectivity index (χ3v) is 9.42. The highest BCUT2D eigenvalue weighted by atomic mass is 19.4. The van der Waals surface area contributed by atoms with E-state index in [-0.39, 0.29) is 37.0 Å². The van der Waals surface area contributed by atoms with Gasteiger partial charge in [0, 0.05) is 24.5 Å². The number of nitrogens with zero attached hydrogens (tertiary/aromatic N) is 2. The molecule has 5 fully saturated rings. The summed E-state index contributed by atoms with van der Waals surface area (Å²) >= 11 is 0. The molecule has 35 heavy (non-hydrogen) atoms. The van der Waals surface area contributed by atoms with Crippen molar-refractivity contribution in [2.45, 2.75) is 74.2 Å². The van der Waals surface area contributed by atoms with Crippen molar-refractivity contribution in [3.63, 3.8) is 0 Å². The first kappa shape index (κ1) is 23.1. The van der Waals surface area contributed by atoms with E-state index in [9.17, 15) is 33.0 Å². The zero-order chi connectivity index (χ0) is 25.0. The number of imide groups is 1. The number of hydrogen-bond acceptors (Lipinski definition) is 5. The molecule has 3 saturated carbocycles. The molecule has 0 aromatic heterocycles. The smallest absolute Gasteiger partial charge is 0.406 e. The molecule has 190 valence electrons. The van der Waals surface area contributed by atoms with E-state index in [1.807, 2.05) is 6.92 Å². The molecular weight excluding hydrogens is 463 g/mol.